The van der Waals surface area contributed by atoms with Crippen molar-refractivity contribution in [3.05, 3.63) is 24.3 Å². The van der Waals surface area contributed by atoms with Gasteiger partial charge in [-0.2, -0.15) is 0 Å². The van der Waals surface area contributed by atoms with Crippen LogP contribution in [0.4, 0.5) is 5.82 Å². The average molecular weight is 273 g/mol. The van der Waals surface area contributed by atoms with Crippen LogP contribution in [0.5, 0.6) is 5.88 Å². The van der Waals surface area contributed by atoms with Gasteiger partial charge in [-0.15, -0.1) is 0 Å². The predicted octanol–water partition coefficient (Wildman–Crippen LogP) is 1.85. The highest BCUT2D eigenvalue weighted by Crippen LogP contribution is 2.30. The molecule has 1 aromatic carbocycles. The van der Waals surface area contributed by atoms with Crippen LogP contribution in [0, 0.1) is 5.92 Å². The highest BCUT2D eigenvalue weighted by molar-refractivity contribution is 5.77. The summed E-state index contributed by atoms with van der Waals surface area (Å²) in [4.78, 5) is 11.4. The first-order chi connectivity index (χ1) is 9.81. The van der Waals surface area contributed by atoms with Crippen LogP contribution in [0.3, 0.4) is 0 Å². The molecule has 2 heterocycles. The number of aliphatic hydroxyl groups is 1. The Kier molecular flexibility index (Phi) is 3.69. The first-order valence-electron chi connectivity index (χ1n) is 7.07. The predicted molar refractivity (Wildman–Crippen MR) is 78.1 cm³/mol. The van der Waals surface area contributed by atoms with Gasteiger partial charge in [-0.1, -0.05) is 12.1 Å². The van der Waals surface area contributed by atoms with Crippen LogP contribution in [0.2, 0.25) is 0 Å². The number of para-hydroxylation sites is 2. The molecule has 5 heteroatoms. The summed E-state index contributed by atoms with van der Waals surface area (Å²) >= 11 is 0. The third-order valence-electron chi connectivity index (χ3n) is 3.65. The quantitative estimate of drug-likeness (QED) is 0.921. The second-order valence-electron chi connectivity index (χ2n) is 5.06. The number of ether oxygens (including phenoxy) is 1. The molecule has 0 bridgehead atoms. The largest absolute Gasteiger partial charge is 0.475 e. The lowest BCUT2D eigenvalue weighted by molar-refractivity contribution is 0.238. The van der Waals surface area contributed by atoms with Crippen molar-refractivity contribution in [2.75, 3.05) is 31.2 Å². The zero-order valence-electron chi connectivity index (χ0n) is 11.6. The number of rotatable bonds is 4. The van der Waals surface area contributed by atoms with E-state index in [2.05, 4.69) is 9.88 Å². The van der Waals surface area contributed by atoms with Crippen molar-refractivity contribution in [2.24, 2.45) is 5.92 Å². The van der Waals surface area contributed by atoms with Gasteiger partial charge in [0.2, 0.25) is 0 Å². The van der Waals surface area contributed by atoms with Gasteiger partial charge >= 0.3 is 0 Å². The van der Waals surface area contributed by atoms with Crippen LogP contribution in [-0.2, 0) is 0 Å². The zero-order valence-corrected chi connectivity index (χ0v) is 11.6. The minimum Gasteiger partial charge on any atom is -0.475 e. The molecule has 0 aliphatic carbocycles. The molecule has 0 amide bonds. The Morgan fingerprint density at radius 2 is 2.05 bits per heavy atom. The molecule has 3 rings (SSSR count). The fraction of sp³-hybridized carbons (Fsp3) is 0.467. The number of nitrogens with zero attached hydrogens (tertiary/aromatic N) is 3. The fourth-order valence-corrected chi connectivity index (χ4v) is 2.59. The van der Waals surface area contributed by atoms with Crippen molar-refractivity contribution >= 4 is 16.9 Å². The molecule has 5 nitrogen and oxygen atoms in total. The van der Waals surface area contributed by atoms with Crippen LogP contribution < -0.4 is 9.64 Å². The molecule has 1 N–H and O–H groups in total. The number of anilines is 1. The molecule has 0 radical (unpaired) electrons. The van der Waals surface area contributed by atoms with E-state index in [4.69, 9.17) is 9.72 Å². The van der Waals surface area contributed by atoms with E-state index in [0.29, 0.717) is 18.4 Å². The van der Waals surface area contributed by atoms with Crippen LogP contribution in [0.1, 0.15) is 13.3 Å². The molecule has 1 aliphatic rings. The minimum absolute atomic E-state index is 0.224. The van der Waals surface area contributed by atoms with Gasteiger partial charge in [0.15, 0.2) is 5.82 Å². The maximum Gasteiger partial charge on any atom is 0.258 e. The van der Waals surface area contributed by atoms with Crippen molar-refractivity contribution < 1.29 is 9.84 Å². The van der Waals surface area contributed by atoms with E-state index in [1.807, 2.05) is 31.2 Å². The van der Waals surface area contributed by atoms with Gasteiger partial charge in [0.25, 0.3) is 5.88 Å². The molecule has 106 valence electrons. The van der Waals surface area contributed by atoms with E-state index in [9.17, 15) is 5.11 Å². The summed E-state index contributed by atoms with van der Waals surface area (Å²) in [5.41, 5.74) is 1.72. The van der Waals surface area contributed by atoms with E-state index in [1.165, 1.54) is 0 Å². The van der Waals surface area contributed by atoms with Crippen molar-refractivity contribution in [3.8, 4) is 5.88 Å². The van der Waals surface area contributed by atoms with Gasteiger partial charge in [-0.25, -0.2) is 9.97 Å². The first-order valence-corrected chi connectivity index (χ1v) is 7.07. The summed E-state index contributed by atoms with van der Waals surface area (Å²) in [6.07, 6.45) is 0.983. The molecule has 1 aliphatic heterocycles. The summed E-state index contributed by atoms with van der Waals surface area (Å²) in [5, 5.41) is 9.28. The van der Waals surface area contributed by atoms with Crippen LogP contribution in [-0.4, -0.2) is 41.4 Å². The number of aliphatic hydroxyl groups excluding tert-OH is 1. The molecular formula is C15H19N3O2. The molecule has 20 heavy (non-hydrogen) atoms. The van der Waals surface area contributed by atoms with Gasteiger partial charge in [0.1, 0.15) is 0 Å². The number of fused-ring (bicyclic) bond motifs is 1. The SMILES string of the molecule is CCOc1nc2ccccc2nc1N1CC[C@@H](CO)C1. The lowest BCUT2D eigenvalue weighted by Crippen LogP contribution is -2.23. The van der Waals surface area contributed by atoms with Crippen molar-refractivity contribution in [1.29, 1.82) is 0 Å². The Balaban J connectivity index is 2.01. The standard InChI is InChI=1S/C15H19N3O2/c1-2-20-15-14(18-8-7-11(9-18)10-19)16-12-5-3-4-6-13(12)17-15/h3-6,11,19H,2,7-10H2,1H3/t11-/m1/s1. The summed E-state index contributed by atoms with van der Waals surface area (Å²) in [6, 6.07) is 7.81. The maximum absolute atomic E-state index is 9.28. The number of hydrogen-bond acceptors (Lipinski definition) is 5. The summed E-state index contributed by atoms with van der Waals surface area (Å²) in [5.74, 6) is 1.70. The smallest absolute Gasteiger partial charge is 0.258 e. The summed E-state index contributed by atoms with van der Waals surface area (Å²) in [7, 11) is 0. The van der Waals surface area contributed by atoms with Gasteiger partial charge in [0, 0.05) is 25.6 Å². The van der Waals surface area contributed by atoms with Gasteiger partial charge < -0.3 is 14.7 Å². The van der Waals surface area contributed by atoms with Gasteiger partial charge in [0.05, 0.1) is 17.6 Å². The maximum atomic E-state index is 9.28. The molecule has 1 fully saturated rings. The molecular weight excluding hydrogens is 254 g/mol. The molecule has 1 aromatic heterocycles. The third kappa shape index (κ3) is 2.41. The lowest BCUT2D eigenvalue weighted by Gasteiger charge is -2.20. The van der Waals surface area contributed by atoms with Crippen LogP contribution in [0.25, 0.3) is 11.0 Å². The first kappa shape index (κ1) is 13.1. The average Bonchev–Trinajstić information content (AvgIpc) is 2.95. The van der Waals surface area contributed by atoms with E-state index >= 15 is 0 Å². The monoisotopic (exact) mass is 273 g/mol. The molecule has 1 atom stereocenters. The minimum atomic E-state index is 0.224. The van der Waals surface area contributed by atoms with E-state index in [-0.39, 0.29) is 6.61 Å². The number of benzene rings is 1. The van der Waals surface area contributed by atoms with Crippen molar-refractivity contribution in [2.45, 2.75) is 13.3 Å². The highest BCUT2D eigenvalue weighted by atomic mass is 16.5. The van der Waals surface area contributed by atoms with Gasteiger partial charge in [-0.05, 0) is 25.5 Å². The molecule has 2 aromatic rings. The van der Waals surface area contributed by atoms with Crippen LogP contribution in [0.15, 0.2) is 24.3 Å². The second kappa shape index (κ2) is 5.63. The van der Waals surface area contributed by atoms with Crippen molar-refractivity contribution in [3.63, 3.8) is 0 Å². The van der Waals surface area contributed by atoms with E-state index in [1.54, 1.807) is 0 Å². The van der Waals surface area contributed by atoms with E-state index in [0.717, 1.165) is 36.4 Å². The lowest BCUT2D eigenvalue weighted by atomic mass is 10.1. The molecule has 0 saturated carbocycles. The van der Waals surface area contributed by atoms with Crippen LogP contribution >= 0.6 is 0 Å². The Hall–Kier alpha value is -1.88. The summed E-state index contributed by atoms with van der Waals surface area (Å²) in [6.45, 7) is 4.43. The Morgan fingerprint density at radius 1 is 1.30 bits per heavy atom. The zero-order chi connectivity index (χ0) is 13.9. The summed E-state index contributed by atoms with van der Waals surface area (Å²) < 4.78 is 5.65. The van der Waals surface area contributed by atoms with Gasteiger partial charge in [-0.3, -0.25) is 0 Å². The molecule has 1 saturated heterocycles. The third-order valence-corrected chi connectivity index (χ3v) is 3.65. The highest BCUT2D eigenvalue weighted by Gasteiger charge is 2.26. The number of aromatic nitrogens is 2. The molecule has 0 spiro atoms. The molecule has 0 unspecified atom stereocenters. The normalized spacial score (nSPS) is 18.7. The Labute approximate surface area is 118 Å². The van der Waals surface area contributed by atoms with E-state index < -0.39 is 0 Å². The topological polar surface area (TPSA) is 58.5 Å². The van der Waals surface area contributed by atoms with Crippen molar-refractivity contribution in [1.82, 2.24) is 9.97 Å². The fourth-order valence-electron chi connectivity index (χ4n) is 2.59. The second-order valence-corrected chi connectivity index (χ2v) is 5.06. The Morgan fingerprint density at radius 3 is 2.70 bits per heavy atom. The number of hydrogen-bond donors (Lipinski definition) is 1. The Bertz CT molecular complexity index is 603.